The average Bonchev–Trinajstić information content (AvgIpc) is 3.07. The zero-order chi connectivity index (χ0) is 37.0. The molecule has 1 fully saturated rings. The lowest BCUT2D eigenvalue weighted by atomic mass is 10.00. The molecule has 0 aliphatic carbocycles. The molecule has 1 rings (SSSR count). The maximum atomic E-state index is 12.7. The molecule has 0 aromatic carbocycles. The molecule has 0 spiro atoms. The number of carbonyl (C=O) groups excluding carboxylic acids is 2. The molecule has 1 heterocycles. The molecule has 0 amide bonds. The second kappa shape index (κ2) is 29.1. The van der Waals surface area contributed by atoms with E-state index in [9.17, 15) is 37.9 Å². The van der Waals surface area contributed by atoms with Crippen LogP contribution in [0.5, 0.6) is 0 Å². The Morgan fingerprint density at radius 3 is 1.46 bits per heavy atom. The van der Waals surface area contributed by atoms with Gasteiger partial charge in [0.05, 0.1) is 6.61 Å². The number of rotatable bonds is 32. The summed E-state index contributed by atoms with van der Waals surface area (Å²) < 4.78 is 53.8. The maximum absolute atomic E-state index is 12.7. The molecular weight excluding hydrogens is 668 g/mol. The van der Waals surface area contributed by atoms with Crippen molar-refractivity contribution in [3.63, 3.8) is 0 Å². The molecule has 1 aliphatic rings. The lowest BCUT2D eigenvalue weighted by molar-refractivity contribution is -0.297. The molecule has 0 radical (unpaired) electrons. The summed E-state index contributed by atoms with van der Waals surface area (Å²) >= 11 is 0. The standard InChI is InChI=1S/C37H70O12S/c1-3-5-7-9-11-13-15-16-18-20-22-24-26-33(39)48-30(27-46-32(38)25-23-21-19-17-14-12-10-8-6-4-2)28-47-37-36(42)35(41)34(40)31(49-37)29-50(43,44)45/h30-31,34-37,40-42H,3-29H2,1-2H3,(H,43,44,45). The Hall–Kier alpha value is -1.35. The minimum Gasteiger partial charge on any atom is -0.462 e. The normalized spacial score (nSPS) is 21.6. The molecule has 50 heavy (non-hydrogen) atoms. The number of hydrogen-bond acceptors (Lipinski definition) is 11. The van der Waals surface area contributed by atoms with Crippen LogP contribution >= 0.6 is 0 Å². The van der Waals surface area contributed by atoms with Gasteiger partial charge < -0.3 is 34.3 Å². The highest BCUT2D eigenvalue weighted by Gasteiger charge is 2.46. The zero-order valence-electron chi connectivity index (χ0n) is 31.0. The van der Waals surface area contributed by atoms with Crippen LogP contribution in [0.1, 0.15) is 168 Å². The minimum atomic E-state index is -4.59. The summed E-state index contributed by atoms with van der Waals surface area (Å²) in [5.41, 5.74) is 0. The highest BCUT2D eigenvalue weighted by molar-refractivity contribution is 7.85. The fraction of sp³-hybridized carbons (Fsp3) is 0.946. The molecular formula is C37H70O12S. The summed E-state index contributed by atoms with van der Waals surface area (Å²) in [4.78, 5) is 25.2. The summed E-state index contributed by atoms with van der Waals surface area (Å²) in [6, 6.07) is 0. The monoisotopic (exact) mass is 738 g/mol. The lowest BCUT2D eigenvalue weighted by Crippen LogP contribution is -2.60. The lowest BCUT2D eigenvalue weighted by Gasteiger charge is -2.40. The van der Waals surface area contributed by atoms with Crippen molar-refractivity contribution in [3.8, 4) is 0 Å². The van der Waals surface area contributed by atoms with E-state index in [0.29, 0.717) is 12.8 Å². The van der Waals surface area contributed by atoms with Gasteiger partial charge in [0.25, 0.3) is 10.1 Å². The maximum Gasteiger partial charge on any atom is 0.306 e. The van der Waals surface area contributed by atoms with Gasteiger partial charge in [-0.3, -0.25) is 14.1 Å². The van der Waals surface area contributed by atoms with Crippen molar-refractivity contribution in [3.05, 3.63) is 0 Å². The van der Waals surface area contributed by atoms with E-state index in [4.69, 9.17) is 18.9 Å². The number of hydrogen-bond donors (Lipinski definition) is 4. The second-order valence-corrected chi connectivity index (χ2v) is 15.5. The first-order valence-corrected chi connectivity index (χ1v) is 21.2. The molecule has 6 unspecified atom stereocenters. The highest BCUT2D eigenvalue weighted by atomic mass is 32.2. The van der Waals surface area contributed by atoms with Gasteiger partial charge in [-0.1, -0.05) is 142 Å². The summed E-state index contributed by atoms with van der Waals surface area (Å²) in [7, 11) is -4.59. The SMILES string of the molecule is CCCCCCCCCCCCCCC(=O)OC(COC(=O)CCCCCCCCCCCC)COC1OC(CS(=O)(=O)O)C(O)C(O)C1O. The van der Waals surface area contributed by atoms with Crippen LogP contribution < -0.4 is 0 Å². The number of aliphatic hydroxyl groups is 3. The first-order chi connectivity index (χ1) is 24.0. The molecule has 4 N–H and O–H groups in total. The Morgan fingerprint density at radius 2 is 1.02 bits per heavy atom. The van der Waals surface area contributed by atoms with Gasteiger partial charge in [-0.15, -0.1) is 0 Å². The molecule has 0 aromatic heterocycles. The Bertz CT molecular complexity index is 962. The first kappa shape index (κ1) is 46.7. The molecule has 12 nitrogen and oxygen atoms in total. The third-order valence-electron chi connectivity index (χ3n) is 9.19. The molecule has 1 aliphatic heterocycles. The van der Waals surface area contributed by atoms with Crippen LogP contribution in [0, 0.1) is 0 Å². The van der Waals surface area contributed by atoms with Gasteiger partial charge in [0.15, 0.2) is 12.4 Å². The van der Waals surface area contributed by atoms with Gasteiger partial charge in [-0.25, -0.2) is 0 Å². The number of esters is 2. The molecule has 13 heteroatoms. The number of ether oxygens (including phenoxy) is 4. The fourth-order valence-corrected chi connectivity index (χ4v) is 6.78. The van der Waals surface area contributed by atoms with E-state index in [-0.39, 0.29) is 19.4 Å². The van der Waals surface area contributed by atoms with Crippen molar-refractivity contribution in [2.75, 3.05) is 19.0 Å². The van der Waals surface area contributed by atoms with Crippen molar-refractivity contribution in [1.82, 2.24) is 0 Å². The van der Waals surface area contributed by atoms with Gasteiger partial charge in [-0.05, 0) is 12.8 Å². The van der Waals surface area contributed by atoms with Gasteiger partial charge in [-0.2, -0.15) is 8.42 Å². The summed E-state index contributed by atoms with van der Waals surface area (Å²) in [5, 5.41) is 30.7. The Kier molecular flexibility index (Phi) is 27.2. The molecule has 0 aromatic rings. The number of unbranched alkanes of at least 4 members (excludes halogenated alkanes) is 20. The van der Waals surface area contributed by atoms with Crippen molar-refractivity contribution in [1.29, 1.82) is 0 Å². The van der Waals surface area contributed by atoms with Gasteiger partial charge >= 0.3 is 11.9 Å². The van der Waals surface area contributed by atoms with E-state index in [1.54, 1.807) is 0 Å². The van der Waals surface area contributed by atoms with Crippen molar-refractivity contribution < 1.29 is 56.8 Å². The largest absolute Gasteiger partial charge is 0.462 e. The van der Waals surface area contributed by atoms with Crippen LogP contribution in [0.4, 0.5) is 0 Å². The Labute approximate surface area is 302 Å². The first-order valence-electron chi connectivity index (χ1n) is 19.6. The summed E-state index contributed by atoms with van der Waals surface area (Å²) in [6.07, 6.45) is 16.0. The minimum absolute atomic E-state index is 0.171. The summed E-state index contributed by atoms with van der Waals surface area (Å²) in [5.74, 6) is -1.97. The van der Waals surface area contributed by atoms with Gasteiger partial charge in [0.1, 0.15) is 36.8 Å². The van der Waals surface area contributed by atoms with E-state index in [0.717, 1.165) is 38.5 Å². The molecule has 1 saturated heterocycles. The van der Waals surface area contributed by atoms with Crippen LogP contribution in [0.3, 0.4) is 0 Å². The van der Waals surface area contributed by atoms with E-state index in [1.807, 2.05) is 0 Å². The summed E-state index contributed by atoms with van der Waals surface area (Å²) in [6.45, 7) is 3.72. The molecule has 0 bridgehead atoms. The fourth-order valence-electron chi connectivity index (χ4n) is 6.09. The Morgan fingerprint density at radius 1 is 0.600 bits per heavy atom. The van der Waals surface area contributed by atoms with Crippen LogP contribution in [-0.4, -0.2) is 96.0 Å². The van der Waals surface area contributed by atoms with Crippen LogP contribution in [-0.2, 0) is 38.7 Å². The van der Waals surface area contributed by atoms with Crippen molar-refractivity contribution in [2.24, 2.45) is 0 Å². The van der Waals surface area contributed by atoms with E-state index >= 15 is 0 Å². The van der Waals surface area contributed by atoms with Crippen molar-refractivity contribution >= 4 is 22.1 Å². The smallest absolute Gasteiger partial charge is 0.306 e. The predicted molar refractivity (Wildman–Crippen MR) is 192 cm³/mol. The third kappa shape index (κ3) is 24.0. The zero-order valence-corrected chi connectivity index (χ0v) is 31.8. The highest BCUT2D eigenvalue weighted by Crippen LogP contribution is 2.24. The average molecular weight is 739 g/mol. The van der Waals surface area contributed by atoms with Gasteiger partial charge in [0, 0.05) is 12.8 Å². The second-order valence-electron chi connectivity index (χ2n) is 14.0. The van der Waals surface area contributed by atoms with E-state index in [1.165, 1.54) is 89.9 Å². The van der Waals surface area contributed by atoms with Crippen LogP contribution in [0.2, 0.25) is 0 Å². The molecule has 296 valence electrons. The topological polar surface area (TPSA) is 186 Å². The number of aliphatic hydroxyl groups excluding tert-OH is 3. The molecule has 0 saturated carbocycles. The molecule has 6 atom stereocenters. The van der Waals surface area contributed by atoms with Crippen molar-refractivity contribution in [2.45, 2.75) is 205 Å². The van der Waals surface area contributed by atoms with Crippen LogP contribution in [0.25, 0.3) is 0 Å². The third-order valence-corrected chi connectivity index (χ3v) is 9.94. The number of carbonyl (C=O) groups is 2. The van der Waals surface area contributed by atoms with E-state index in [2.05, 4.69) is 13.8 Å². The predicted octanol–water partition coefficient (Wildman–Crippen LogP) is 6.56. The van der Waals surface area contributed by atoms with Gasteiger partial charge in [0.2, 0.25) is 0 Å². The quantitative estimate of drug-likeness (QED) is 0.0332. The van der Waals surface area contributed by atoms with Crippen LogP contribution in [0.15, 0.2) is 0 Å². The van der Waals surface area contributed by atoms with E-state index < -0.39 is 71.2 Å². The Balaban J connectivity index is 2.52.